The van der Waals surface area contributed by atoms with Crippen molar-refractivity contribution in [3.05, 3.63) is 69.8 Å². The lowest BCUT2D eigenvalue weighted by Gasteiger charge is -2.29. The molecule has 236 valence electrons. The third-order valence-corrected chi connectivity index (χ3v) is 10.8. The molecule has 0 atom stereocenters. The summed E-state index contributed by atoms with van der Waals surface area (Å²) < 4.78 is 18.2. The van der Waals surface area contributed by atoms with Gasteiger partial charge in [-0.2, -0.15) is 0 Å². The molecule has 43 heavy (non-hydrogen) atoms. The Kier molecular flexibility index (Phi) is 11.8. The zero-order valence-electron chi connectivity index (χ0n) is 29.6. The molecule has 0 fully saturated rings. The lowest BCUT2D eigenvalue weighted by Crippen LogP contribution is -2.25. The highest BCUT2D eigenvalue weighted by molar-refractivity contribution is 7.79. The van der Waals surface area contributed by atoms with Crippen LogP contribution >= 0.6 is 7.92 Å². The van der Waals surface area contributed by atoms with Gasteiger partial charge in [0, 0.05) is 0 Å². The molecule has 4 heteroatoms. The quantitative estimate of drug-likeness (QED) is 0.193. The summed E-state index contributed by atoms with van der Waals surface area (Å²) in [6.45, 7) is 27.3. The van der Waals surface area contributed by atoms with Crippen molar-refractivity contribution >= 4 is 23.8 Å². The summed E-state index contributed by atoms with van der Waals surface area (Å²) in [5.74, 6) is 5.13. The highest BCUT2D eigenvalue weighted by atomic mass is 31.1. The first-order chi connectivity index (χ1) is 20.2. The van der Waals surface area contributed by atoms with Gasteiger partial charge in [0.25, 0.3) is 0 Å². The molecule has 0 N–H and O–H groups in total. The molecule has 0 bridgehead atoms. The summed E-state index contributed by atoms with van der Waals surface area (Å²) in [6.07, 6.45) is 0. The first-order valence-electron chi connectivity index (χ1n) is 16.1. The van der Waals surface area contributed by atoms with Gasteiger partial charge in [0.05, 0.1) is 21.3 Å². The molecule has 0 saturated heterocycles. The second-order valence-electron chi connectivity index (χ2n) is 13.7. The Hall–Kier alpha value is -2.51. The normalized spacial score (nSPS) is 12.1. The molecule has 0 amide bonds. The van der Waals surface area contributed by atoms with Gasteiger partial charge in [0.2, 0.25) is 0 Å². The van der Waals surface area contributed by atoms with Gasteiger partial charge in [-0.3, -0.25) is 0 Å². The van der Waals surface area contributed by atoms with Gasteiger partial charge < -0.3 is 14.2 Å². The molecule has 0 heterocycles. The van der Waals surface area contributed by atoms with Crippen LogP contribution in [0.2, 0.25) is 0 Å². The van der Waals surface area contributed by atoms with Crippen molar-refractivity contribution in [1.29, 1.82) is 0 Å². The van der Waals surface area contributed by atoms with E-state index in [4.69, 9.17) is 14.2 Å². The van der Waals surface area contributed by atoms with Gasteiger partial charge in [0.1, 0.15) is 17.2 Å². The number of methoxy groups -OCH3 is 3. The van der Waals surface area contributed by atoms with Crippen molar-refractivity contribution < 1.29 is 14.2 Å². The fourth-order valence-corrected chi connectivity index (χ4v) is 8.59. The maximum absolute atomic E-state index is 6.08. The molecule has 0 unspecified atom stereocenters. The van der Waals surface area contributed by atoms with Crippen molar-refractivity contribution in [3.8, 4) is 17.2 Å². The first-order valence-corrected chi connectivity index (χ1v) is 17.5. The maximum atomic E-state index is 6.08. The van der Waals surface area contributed by atoms with E-state index in [2.05, 4.69) is 119 Å². The summed E-state index contributed by atoms with van der Waals surface area (Å²) in [4.78, 5) is 0. The standard InChI is InChI=1S/C39H57O3P/c1-22(2)31-16-28(17-32(23(3)4)37(31)40-13)43(29-18-33(24(5)6)38(41-14)34(19-29)25(7)8)30-20-35(26(9)10)39(42-15)36(21-30)27(11)12/h16-27H,1-15H3. The van der Waals surface area contributed by atoms with Crippen molar-refractivity contribution in [2.45, 2.75) is 119 Å². The van der Waals surface area contributed by atoms with Crippen molar-refractivity contribution in [3.63, 3.8) is 0 Å². The highest BCUT2D eigenvalue weighted by Gasteiger charge is 2.28. The minimum atomic E-state index is -0.911. The van der Waals surface area contributed by atoms with Crippen LogP contribution < -0.4 is 30.1 Å². The van der Waals surface area contributed by atoms with E-state index < -0.39 is 7.92 Å². The van der Waals surface area contributed by atoms with Gasteiger partial charge in [-0.05, 0) is 129 Å². The molecule has 0 aliphatic rings. The van der Waals surface area contributed by atoms with Gasteiger partial charge in [-0.15, -0.1) is 0 Å². The Morgan fingerprint density at radius 1 is 0.349 bits per heavy atom. The number of benzene rings is 3. The van der Waals surface area contributed by atoms with E-state index >= 15 is 0 Å². The number of rotatable bonds is 12. The summed E-state index contributed by atoms with van der Waals surface area (Å²) in [7, 11) is 4.54. The van der Waals surface area contributed by atoms with E-state index in [1.807, 2.05) is 21.3 Å². The Balaban J connectivity index is 2.59. The number of ether oxygens (including phenoxy) is 3. The predicted octanol–water partition coefficient (Wildman–Crippen LogP) is 10.2. The highest BCUT2D eigenvalue weighted by Crippen LogP contribution is 2.45. The fourth-order valence-electron chi connectivity index (χ4n) is 6.09. The van der Waals surface area contributed by atoms with Crippen LogP contribution in [-0.4, -0.2) is 21.3 Å². The molecule has 3 aromatic carbocycles. The first kappa shape index (κ1) is 35.0. The average molecular weight is 605 g/mol. The molecule has 0 spiro atoms. The molecule has 3 rings (SSSR count). The Bertz CT molecular complexity index is 1140. The van der Waals surface area contributed by atoms with Crippen LogP contribution in [0.1, 0.15) is 152 Å². The zero-order valence-corrected chi connectivity index (χ0v) is 30.5. The van der Waals surface area contributed by atoms with Gasteiger partial charge in [-0.25, -0.2) is 0 Å². The van der Waals surface area contributed by atoms with Crippen LogP contribution in [0.4, 0.5) is 0 Å². The van der Waals surface area contributed by atoms with Gasteiger partial charge in [0.15, 0.2) is 0 Å². The third kappa shape index (κ3) is 7.25. The fraction of sp³-hybridized carbons (Fsp3) is 0.538. The van der Waals surface area contributed by atoms with Crippen molar-refractivity contribution in [2.75, 3.05) is 21.3 Å². The van der Waals surface area contributed by atoms with E-state index in [9.17, 15) is 0 Å². The van der Waals surface area contributed by atoms with E-state index in [-0.39, 0.29) is 0 Å². The van der Waals surface area contributed by atoms with E-state index in [1.165, 1.54) is 49.3 Å². The van der Waals surface area contributed by atoms with Crippen LogP contribution in [0.5, 0.6) is 17.2 Å². The number of hydrogen-bond acceptors (Lipinski definition) is 3. The topological polar surface area (TPSA) is 27.7 Å². The zero-order chi connectivity index (χ0) is 32.3. The Morgan fingerprint density at radius 2 is 0.512 bits per heavy atom. The largest absolute Gasteiger partial charge is 0.496 e. The Morgan fingerprint density at radius 3 is 0.628 bits per heavy atom. The molecular weight excluding hydrogens is 547 g/mol. The monoisotopic (exact) mass is 604 g/mol. The summed E-state index contributed by atoms with van der Waals surface area (Å²) in [5, 5.41) is 4.10. The molecule has 0 aliphatic heterocycles. The maximum Gasteiger partial charge on any atom is 0.125 e. The van der Waals surface area contributed by atoms with Crippen LogP contribution in [0.3, 0.4) is 0 Å². The summed E-state index contributed by atoms with van der Waals surface area (Å²) >= 11 is 0. The smallest absolute Gasteiger partial charge is 0.125 e. The second-order valence-corrected chi connectivity index (χ2v) is 16.0. The summed E-state index contributed by atoms with van der Waals surface area (Å²) in [5.41, 5.74) is 7.66. The van der Waals surface area contributed by atoms with Crippen molar-refractivity contribution in [1.82, 2.24) is 0 Å². The van der Waals surface area contributed by atoms with Crippen LogP contribution in [0.15, 0.2) is 36.4 Å². The lowest BCUT2D eigenvalue weighted by atomic mass is 9.93. The molecular formula is C39H57O3P. The van der Waals surface area contributed by atoms with E-state index in [0.29, 0.717) is 35.5 Å². The van der Waals surface area contributed by atoms with E-state index in [0.717, 1.165) is 17.2 Å². The molecule has 3 nitrogen and oxygen atoms in total. The van der Waals surface area contributed by atoms with Crippen LogP contribution in [0.25, 0.3) is 0 Å². The second kappa shape index (κ2) is 14.5. The molecule has 0 aromatic heterocycles. The van der Waals surface area contributed by atoms with Gasteiger partial charge in [-0.1, -0.05) is 83.1 Å². The van der Waals surface area contributed by atoms with Crippen molar-refractivity contribution in [2.24, 2.45) is 0 Å². The predicted molar refractivity (Wildman–Crippen MR) is 189 cm³/mol. The SMILES string of the molecule is COc1c(C(C)C)cc(P(c2cc(C(C)C)c(OC)c(C(C)C)c2)c2cc(C(C)C)c(OC)c(C(C)C)c2)cc1C(C)C. The average Bonchev–Trinajstić information content (AvgIpc) is 2.95. The number of hydrogen-bond donors (Lipinski definition) is 0. The summed E-state index contributed by atoms with van der Waals surface area (Å²) in [6, 6.07) is 14.6. The minimum absolute atomic E-state index is 0.339. The van der Waals surface area contributed by atoms with Crippen LogP contribution in [0, 0.1) is 0 Å². The molecule has 0 saturated carbocycles. The Labute approximate surface area is 264 Å². The lowest BCUT2D eigenvalue weighted by molar-refractivity contribution is 0.400. The van der Waals surface area contributed by atoms with E-state index in [1.54, 1.807) is 0 Å². The minimum Gasteiger partial charge on any atom is -0.496 e. The molecule has 0 radical (unpaired) electrons. The van der Waals surface area contributed by atoms with Gasteiger partial charge >= 0.3 is 0 Å². The molecule has 3 aromatic rings. The third-order valence-electron chi connectivity index (χ3n) is 8.51. The van der Waals surface area contributed by atoms with Crippen LogP contribution in [-0.2, 0) is 0 Å². The molecule has 0 aliphatic carbocycles.